The molecule has 21 heavy (non-hydrogen) atoms. The van der Waals surface area contributed by atoms with E-state index in [0.717, 1.165) is 6.42 Å². The minimum atomic E-state index is -0.603. The van der Waals surface area contributed by atoms with Gasteiger partial charge in [-0.1, -0.05) is 34.1 Å². The van der Waals surface area contributed by atoms with E-state index in [1.807, 2.05) is 13.8 Å². The van der Waals surface area contributed by atoms with Crippen LogP contribution >= 0.6 is 0 Å². The van der Waals surface area contributed by atoms with E-state index in [1.165, 1.54) is 0 Å². The Morgan fingerprint density at radius 3 is 2.62 bits per heavy atom. The summed E-state index contributed by atoms with van der Waals surface area (Å²) in [6.07, 6.45) is 0.882. The lowest BCUT2D eigenvalue weighted by molar-refractivity contribution is -0.144. The number of hydrogen-bond acceptors (Lipinski definition) is 5. The molecule has 2 unspecified atom stereocenters. The lowest BCUT2D eigenvalue weighted by atomic mass is 10.0. The summed E-state index contributed by atoms with van der Waals surface area (Å²) in [5, 5.41) is 2.70. The Bertz CT molecular complexity index is 360. The maximum absolute atomic E-state index is 12.3. The van der Waals surface area contributed by atoms with Crippen LogP contribution in [-0.4, -0.2) is 43.3 Å². The fraction of sp³-hybridized carbons (Fsp3) is 0.867. The van der Waals surface area contributed by atoms with Gasteiger partial charge in [0.05, 0.1) is 13.2 Å². The van der Waals surface area contributed by atoms with Gasteiger partial charge < -0.3 is 20.5 Å². The summed E-state index contributed by atoms with van der Waals surface area (Å²) in [7, 11) is 0. The minimum Gasteiger partial charge on any atom is -0.464 e. The summed E-state index contributed by atoms with van der Waals surface area (Å²) in [5.41, 5.74) is 6.03. The largest absolute Gasteiger partial charge is 0.464 e. The summed E-state index contributed by atoms with van der Waals surface area (Å²) in [6, 6.07) is -0.647. The van der Waals surface area contributed by atoms with Gasteiger partial charge in [0, 0.05) is 12.5 Å². The topological polar surface area (TPSA) is 90.7 Å². The number of esters is 1. The van der Waals surface area contributed by atoms with Crippen molar-refractivity contribution >= 4 is 11.9 Å². The second kappa shape index (κ2) is 8.34. The van der Waals surface area contributed by atoms with Gasteiger partial charge in [-0.2, -0.15) is 0 Å². The zero-order valence-electron chi connectivity index (χ0n) is 13.4. The molecule has 3 N–H and O–H groups in total. The van der Waals surface area contributed by atoms with Crippen molar-refractivity contribution < 1.29 is 19.1 Å². The van der Waals surface area contributed by atoms with Gasteiger partial charge in [0.15, 0.2) is 0 Å². The summed E-state index contributed by atoms with van der Waals surface area (Å²) < 4.78 is 10.5. The number of nitrogens with two attached hydrogens (primary N) is 1. The van der Waals surface area contributed by atoms with Crippen LogP contribution in [0.1, 0.15) is 40.5 Å². The molecule has 6 heteroatoms. The Morgan fingerprint density at radius 2 is 2.14 bits per heavy atom. The second-order valence-corrected chi connectivity index (χ2v) is 6.06. The molecule has 6 nitrogen and oxygen atoms in total. The predicted molar refractivity (Wildman–Crippen MR) is 79.5 cm³/mol. The fourth-order valence-corrected chi connectivity index (χ4v) is 2.13. The highest BCUT2D eigenvalue weighted by atomic mass is 16.5. The number of carbonyl (C=O) groups is 2. The number of nitrogens with one attached hydrogen (secondary N) is 1. The molecule has 0 aliphatic carbocycles. The van der Waals surface area contributed by atoms with E-state index in [0.29, 0.717) is 25.6 Å². The van der Waals surface area contributed by atoms with Crippen LogP contribution in [0.4, 0.5) is 0 Å². The summed E-state index contributed by atoms with van der Waals surface area (Å²) in [6.45, 7) is 8.64. The van der Waals surface area contributed by atoms with Gasteiger partial charge in [0.1, 0.15) is 12.1 Å². The molecule has 0 radical (unpaired) electrons. The van der Waals surface area contributed by atoms with Crippen molar-refractivity contribution in [2.45, 2.75) is 58.7 Å². The van der Waals surface area contributed by atoms with E-state index < -0.39 is 12.1 Å². The first-order valence-electron chi connectivity index (χ1n) is 7.71. The standard InChI is InChI=1S/C15H28N2O4/c1-5-10(4)11(16)8-21-13(9(2)3)14(18)17-12-6-7-20-15(12)19/h9-13H,5-8,16H2,1-4H3,(H,17,18)/t10-,11?,12-,13?/m0/s1. The number of cyclic esters (lactones) is 1. The molecular formula is C15H28N2O4. The molecule has 1 aliphatic heterocycles. The summed E-state index contributed by atoms with van der Waals surface area (Å²) in [5.74, 6) is -0.301. The zero-order valence-corrected chi connectivity index (χ0v) is 13.4. The van der Waals surface area contributed by atoms with Crippen molar-refractivity contribution in [3.05, 3.63) is 0 Å². The van der Waals surface area contributed by atoms with Crippen molar-refractivity contribution in [2.75, 3.05) is 13.2 Å². The molecule has 0 bridgehead atoms. The van der Waals surface area contributed by atoms with Crippen molar-refractivity contribution in [1.82, 2.24) is 5.32 Å². The van der Waals surface area contributed by atoms with E-state index in [1.54, 1.807) is 0 Å². The van der Waals surface area contributed by atoms with Crippen LogP contribution in [0.15, 0.2) is 0 Å². The van der Waals surface area contributed by atoms with Crippen molar-refractivity contribution in [1.29, 1.82) is 0 Å². The Balaban J connectivity index is 2.52. The number of ether oxygens (including phenoxy) is 2. The van der Waals surface area contributed by atoms with Crippen molar-refractivity contribution in [2.24, 2.45) is 17.6 Å². The molecule has 0 aromatic carbocycles. The molecular weight excluding hydrogens is 272 g/mol. The van der Waals surface area contributed by atoms with Gasteiger partial charge in [-0.3, -0.25) is 4.79 Å². The molecule has 4 atom stereocenters. The van der Waals surface area contributed by atoms with Crippen LogP contribution in [0.2, 0.25) is 0 Å². The highest BCUT2D eigenvalue weighted by molar-refractivity contribution is 5.87. The number of hydrogen-bond donors (Lipinski definition) is 2. The quantitative estimate of drug-likeness (QED) is 0.648. The first kappa shape index (κ1) is 17.9. The van der Waals surface area contributed by atoms with Gasteiger partial charge in [-0.25, -0.2) is 4.79 Å². The molecule has 1 rings (SSSR count). The van der Waals surface area contributed by atoms with E-state index >= 15 is 0 Å². The normalized spacial score (nSPS) is 22.8. The van der Waals surface area contributed by atoms with E-state index in [4.69, 9.17) is 15.2 Å². The zero-order chi connectivity index (χ0) is 16.0. The van der Waals surface area contributed by atoms with Gasteiger partial charge in [0.2, 0.25) is 5.91 Å². The molecule has 1 aliphatic rings. The number of amides is 1. The van der Waals surface area contributed by atoms with Crippen LogP contribution in [0.5, 0.6) is 0 Å². The first-order valence-corrected chi connectivity index (χ1v) is 7.71. The maximum atomic E-state index is 12.3. The lowest BCUT2D eigenvalue weighted by Crippen LogP contribution is -2.47. The van der Waals surface area contributed by atoms with Gasteiger partial charge in [0.25, 0.3) is 0 Å². The van der Waals surface area contributed by atoms with Crippen LogP contribution in [0.3, 0.4) is 0 Å². The van der Waals surface area contributed by atoms with Gasteiger partial charge in [-0.15, -0.1) is 0 Å². The van der Waals surface area contributed by atoms with E-state index in [-0.39, 0.29) is 23.8 Å². The van der Waals surface area contributed by atoms with Gasteiger partial charge >= 0.3 is 5.97 Å². The number of rotatable bonds is 8. The smallest absolute Gasteiger partial charge is 0.328 e. The summed E-state index contributed by atoms with van der Waals surface area (Å²) in [4.78, 5) is 23.7. The molecule has 0 saturated carbocycles. The molecule has 1 saturated heterocycles. The SMILES string of the molecule is CC[C@H](C)C(N)COC(C(=O)N[C@H]1CCOC1=O)C(C)C. The minimum absolute atomic E-state index is 0.00607. The van der Waals surface area contributed by atoms with Crippen LogP contribution in [0.25, 0.3) is 0 Å². The molecule has 1 heterocycles. The van der Waals surface area contributed by atoms with Gasteiger partial charge in [-0.05, 0) is 11.8 Å². The number of carbonyl (C=O) groups excluding carboxylic acids is 2. The highest BCUT2D eigenvalue weighted by Gasteiger charge is 2.32. The van der Waals surface area contributed by atoms with Crippen molar-refractivity contribution in [3.63, 3.8) is 0 Å². The van der Waals surface area contributed by atoms with E-state index in [2.05, 4.69) is 19.2 Å². The average Bonchev–Trinajstić information content (AvgIpc) is 2.82. The van der Waals surface area contributed by atoms with Crippen LogP contribution in [0, 0.1) is 11.8 Å². The molecule has 0 spiro atoms. The van der Waals surface area contributed by atoms with E-state index in [9.17, 15) is 9.59 Å². The Morgan fingerprint density at radius 1 is 1.48 bits per heavy atom. The van der Waals surface area contributed by atoms with Crippen LogP contribution in [-0.2, 0) is 19.1 Å². The predicted octanol–water partition coefficient (Wildman–Crippen LogP) is 0.833. The highest BCUT2D eigenvalue weighted by Crippen LogP contribution is 2.13. The lowest BCUT2D eigenvalue weighted by Gasteiger charge is -2.25. The third kappa shape index (κ3) is 5.28. The second-order valence-electron chi connectivity index (χ2n) is 6.06. The average molecular weight is 300 g/mol. The monoisotopic (exact) mass is 300 g/mol. The molecule has 0 aromatic rings. The molecule has 1 amide bonds. The first-order chi connectivity index (χ1) is 9.86. The molecule has 1 fully saturated rings. The molecule has 122 valence electrons. The van der Waals surface area contributed by atoms with Crippen LogP contribution < -0.4 is 11.1 Å². The van der Waals surface area contributed by atoms with Crippen molar-refractivity contribution in [3.8, 4) is 0 Å². The third-order valence-corrected chi connectivity index (χ3v) is 3.96. The Hall–Kier alpha value is -1.14. The Kier molecular flexibility index (Phi) is 7.11. The summed E-state index contributed by atoms with van der Waals surface area (Å²) >= 11 is 0. The Labute approximate surface area is 126 Å². The third-order valence-electron chi connectivity index (χ3n) is 3.96. The maximum Gasteiger partial charge on any atom is 0.328 e. The fourth-order valence-electron chi connectivity index (χ4n) is 2.13. The molecule has 0 aromatic heterocycles.